The third kappa shape index (κ3) is 3.42. The molecule has 2 aliphatic carbocycles. The normalized spacial score (nSPS) is 18.6. The molecule has 30 heavy (non-hydrogen) atoms. The molecular formula is C24H30N6. The smallest absolute Gasteiger partial charge is 0.207 e. The van der Waals surface area contributed by atoms with Crippen LogP contribution in [0.3, 0.4) is 0 Å². The molecule has 0 aliphatic heterocycles. The first-order valence-corrected chi connectivity index (χ1v) is 11.4. The fourth-order valence-corrected chi connectivity index (χ4v) is 5.43. The van der Waals surface area contributed by atoms with Crippen LogP contribution in [-0.4, -0.2) is 30.6 Å². The van der Waals surface area contributed by atoms with Crippen molar-refractivity contribution in [3.8, 4) is 22.5 Å². The van der Waals surface area contributed by atoms with Crippen molar-refractivity contribution in [2.24, 2.45) is 0 Å². The number of hydrogen-bond acceptors (Lipinski definition) is 5. The maximum atomic E-state index is 5.40. The molecule has 6 heteroatoms. The summed E-state index contributed by atoms with van der Waals surface area (Å²) >= 11 is 0. The third-order valence-electron chi connectivity index (χ3n) is 7.01. The zero-order chi connectivity index (χ0) is 20.6. The lowest BCUT2D eigenvalue weighted by atomic mass is 9.70. The van der Waals surface area contributed by atoms with Crippen LogP contribution in [0.1, 0.15) is 80.9 Å². The molecule has 0 aromatic carbocycles. The SMILES string of the molecule is Cc1cc(-c2c3c(nc(C4(C)CCCCC4)c2-c2nn[nH]n2)CCCCC3)ccn1. The van der Waals surface area contributed by atoms with Crippen molar-refractivity contribution in [2.45, 2.75) is 83.5 Å². The lowest BCUT2D eigenvalue weighted by Crippen LogP contribution is -2.28. The first-order chi connectivity index (χ1) is 14.7. The minimum absolute atomic E-state index is 0.0480. The van der Waals surface area contributed by atoms with Crippen LogP contribution in [0.2, 0.25) is 0 Å². The van der Waals surface area contributed by atoms with Crippen molar-refractivity contribution in [3.05, 3.63) is 41.0 Å². The summed E-state index contributed by atoms with van der Waals surface area (Å²) in [6.07, 6.45) is 13.9. The predicted octanol–water partition coefficient (Wildman–Crippen LogP) is 5.12. The summed E-state index contributed by atoms with van der Waals surface area (Å²) in [6.45, 7) is 4.45. The zero-order valence-corrected chi connectivity index (χ0v) is 18.0. The van der Waals surface area contributed by atoms with Crippen LogP contribution < -0.4 is 0 Å². The number of tetrazole rings is 1. The highest BCUT2D eigenvalue weighted by Gasteiger charge is 2.37. The quantitative estimate of drug-likeness (QED) is 0.615. The summed E-state index contributed by atoms with van der Waals surface area (Å²) in [5.74, 6) is 0.667. The number of rotatable bonds is 3. The molecule has 1 N–H and O–H groups in total. The fourth-order valence-electron chi connectivity index (χ4n) is 5.43. The van der Waals surface area contributed by atoms with Crippen molar-refractivity contribution in [3.63, 3.8) is 0 Å². The van der Waals surface area contributed by atoms with Gasteiger partial charge in [-0.25, -0.2) is 0 Å². The van der Waals surface area contributed by atoms with Gasteiger partial charge in [-0.2, -0.15) is 5.21 Å². The molecule has 3 aromatic rings. The van der Waals surface area contributed by atoms with E-state index in [0.717, 1.165) is 24.1 Å². The summed E-state index contributed by atoms with van der Waals surface area (Å²) in [7, 11) is 0. The molecule has 3 heterocycles. The number of fused-ring (bicyclic) bond motifs is 1. The number of aromatic nitrogens is 6. The van der Waals surface area contributed by atoms with E-state index in [1.165, 1.54) is 79.4 Å². The van der Waals surface area contributed by atoms with Crippen LogP contribution in [0.5, 0.6) is 0 Å². The Labute approximate surface area is 177 Å². The molecule has 0 saturated heterocycles. The minimum Gasteiger partial charge on any atom is -0.262 e. The number of hydrogen-bond donors (Lipinski definition) is 1. The highest BCUT2D eigenvalue weighted by atomic mass is 15.5. The van der Waals surface area contributed by atoms with Crippen LogP contribution in [0.15, 0.2) is 18.3 Å². The Morgan fingerprint density at radius 3 is 2.53 bits per heavy atom. The molecule has 0 unspecified atom stereocenters. The van der Waals surface area contributed by atoms with Gasteiger partial charge < -0.3 is 0 Å². The number of aromatic amines is 1. The molecule has 2 aliphatic rings. The second-order valence-corrected chi connectivity index (χ2v) is 9.24. The van der Waals surface area contributed by atoms with Crippen LogP contribution in [-0.2, 0) is 18.3 Å². The van der Waals surface area contributed by atoms with E-state index in [0.29, 0.717) is 5.82 Å². The number of nitrogens with zero attached hydrogens (tertiary/aromatic N) is 5. The van der Waals surface area contributed by atoms with E-state index in [1.807, 2.05) is 6.20 Å². The monoisotopic (exact) mass is 402 g/mol. The summed E-state index contributed by atoms with van der Waals surface area (Å²) in [4.78, 5) is 9.84. The lowest BCUT2D eigenvalue weighted by molar-refractivity contribution is 0.312. The first kappa shape index (κ1) is 19.3. The highest BCUT2D eigenvalue weighted by molar-refractivity contribution is 5.85. The molecule has 156 valence electrons. The second-order valence-electron chi connectivity index (χ2n) is 9.24. The van der Waals surface area contributed by atoms with Crippen molar-refractivity contribution < 1.29 is 0 Å². The maximum absolute atomic E-state index is 5.40. The third-order valence-corrected chi connectivity index (χ3v) is 7.01. The van der Waals surface area contributed by atoms with Gasteiger partial charge in [0, 0.05) is 23.0 Å². The molecule has 1 saturated carbocycles. The van der Waals surface area contributed by atoms with Crippen LogP contribution >= 0.6 is 0 Å². The largest absolute Gasteiger partial charge is 0.262 e. The van der Waals surface area contributed by atoms with E-state index < -0.39 is 0 Å². The molecule has 6 nitrogen and oxygen atoms in total. The van der Waals surface area contributed by atoms with Crippen LogP contribution in [0.25, 0.3) is 22.5 Å². The molecule has 1 fully saturated rings. The molecule has 3 aromatic heterocycles. The molecule has 0 atom stereocenters. The van der Waals surface area contributed by atoms with Gasteiger partial charge in [0.05, 0.1) is 11.3 Å². The zero-order valence-electron chi connectivity index (χ0n) is 18.0. The van der Waals surface area contributed by atoms with Crippen LogP contribution in [0.4, 0.5) is 0 Å². The van der Waals surface area contributed by atoms with E-state index in [4.69, 9.17) is 4.98 Å². The van der Waals surface area contributed by atoms with Gasteiger partial charge in [-0.05, 0) is 79.5 Å². The van der Waals surface area contributed by atoms with Crippen molar-refractivity contribution >= 4 is 0 Å². The van der Waals surface area contributed by atoms with Gasteiger partial charge in [-0.1, -0.05) is 32.6 Å². The maximum Gasteiger partial charge on any atom is 0.207 e. The number of H-pyrrole nitrogens is 1. The Kier molecular flexibility index (Phi) is 5.09. The summed E-state index contributed by atoms with van der Waals surface area (Å²) < 4.78 is 0. The van der Waals surface area contributed by atoms with E-state index in [9.17, 15) is 0 Å². The van der Waals surface area contributed by atoms with Gasteiger partial charge in [-0.3, -0.25) is 9.97 Å². The summed E-state index contributed by atoms with van der Waals surface area (Å²) in [5.41, 5.74) is 8.45. The number of nitrogens with one attached hydrogen (secondary N) is 1. The number of pyridine rings is 2. The first-order valence-electron chi connectivity index (χ1n) is 11.4. The van der Waals surface area contributed by atoms with E-state index in [1.54, 1.807) is 0 Å². The van der Waals surface area contributed by atoms with E-state index in [2.05, 4.69) is 51.6 Å². The van der Waals surface area contributed by atoms with Crippen molar-refractivity contribution in [2.75, 3.05) is 0 Å². The van der Waals surface area contributed by atoms with Gasteiger partial charge in [0.2, 0.25) is 5.82 Å². The van der Waals surface area contributed by atoms with Gasteiger partial charge in [-0.15, -0.1) is 10.2 Å². The molecule has 0 amide bonds. The topological polar surface area (TPSA) is 80.2 Å². The Hall–Kier alpha value is -2.63. The predicted molar refractivity (Wildman–Crippen MR) is 117 cm³/mol. The summed E-state index contributed by atoms with van der Waals surface area (Å²) in [5, 5.41) is 15.5. The average molecular weight is 403 g/mol. The van der Waals surface area contributed by atoms with E-state index in [-0.39, 0.29) is 5.41 Å². The Balaban J connectivity index is 1.85. The highest BCUT2D eigenvalue weighted by Crippen LogP contribution is 2.47. The molecule has 5 rings (SSSR count). The standard InChI is InChI=1S/C24H30N6/c1-16-15-17(11-14-25-16)20-18-9-5-3-6-10-19(18)26-22(21(20)23-27-29-30-28-23)24(2)12-7-4-8-13-24/h11,14-15H,3-10,12-13H2,1-2H3,(H,27,28,29,30). The molecule has 0 bridgehead atoms. The second kappa shape index (κ2) is 7.89. The van der Waals surface area contributed by atoms with Gasteiger partial charge in [0.1, 0.15) is 0 Å². The van der Waals surface area contributed by atoms with E-state index >= 15 is 0 Å². The Morgan fingerprint density at radius 2 is 1.77 bits per heavy atom. The summed E-state index contributed by atoms with van der Waals surface area (Å²) in [6, 6.07) is 4.32. The van der Waals surface area contributed by atoms with Crippen molar-refractivity contribution in [1.29, 1.82) is 0 Å². The molecule has 0 spiro atoms. The fraction of sp³-hybridized carbons (Fsp3) is 0.542. The Morgan fingerprint density at radius 1 is 0.967 bits per heavy atom. The van der Waals surface area contributed by atoms with Gasteiger partial charge in [0.15, 0.2) is 0 Å². The Bertz CT molecular complexity index is 1030. The van der Waals surface area contributed by atoms with Gasteiger partial charge in [0.25, 0.3) is 0 Å². The van der Waals surface area contributed by atoms with Crippen molar-refractivity contribution in [1.82, 2.24) is 30.6 Å². The average Bonchev–Trinajstić information content (AvgIpc) is 3.18. The van der Waals surface area contributed by atoms with Crippen LogP contribution in [0, 0.1) is 6.92 Å². The lowest BCUT2D eigenvalue weighted by Gasteiger charge is -2.36. The number of aryl methyl sites for hydroxylation is 2. The molecular weight excluding hydrogens is 372 g/mol. The van der Waals surface area contributed by atoms with Gasteiger partial charge >= 0.3 is 0 Å². The molecule has 0 radical (unpaired) electrons. The minimum atomic E-state index is 0.0480.